The van der Waals surface area contributed by atoms with Gasteiger partial charge in [0.25, 0.3) is 0 Å². The molecule has 1 heterocycles. The maximum atomic E-state index is 12.0. The number of carbonyl (C=O) groups excluding carboxylic acids is 1. The largest absolute Gasteiger partial charge is 0.377 e. The lowest BCUT2D eigenvalue weighted by atomic mass is 10.1. The van der Waals surface area contributed by atoms with Gasteiger partial charge in [-0.05, 0) is 32.1 Å². The molecule has 2 aliphatic rings. The maximum absolute atomic E-state index is 12.0. The van der Waals surface area contributed by atoms with E-state index in [9.17, 15) is 4.79 Å². The molecule has 1 aliphatic heterocycles. The van der Waals surface area contributed by atoms with E-state index in [4.69, 9.17) is 10.5 Å². The Bertz CT molecular complexity index is 253. The molecule has 16 heavy (non-hydrogen) atoms. The molecule has 1 amide bonds. The summed E-state index contributed by atoms with van der Waals surface area (Å²) in [4.78, 5) is 13.9. The van der Waals surface area contributed by atoms with Crippen LogP contribution in [0.2, 0.25) is 0 Å². The van der Waals surface area contributed by atoms with Gasteiger partial charge in [-0.3, -0.25) is 4.79 Å². The van der Waals surface area contributed by atoms with Crippen LogP contribution in [0.15, 0.2) is 0 Å². The third-order valence-electron chi connectivity index (χ3n) is 3.44. The van der Waals surface area contributed by atoms with E-state index < -0.39 is 0 Å². The third kappa shape index (κ3) is 3.19. The molecule has 2 N–H and O–H groups in total. The maximum Gasteiger partial charge on any atom is 0.224 e. The summed E-state index contributed by atoms with van der Waals surface area (Å²) >= 11 is 0. The Kier molecular flexibility index (Phi) is 3.82. The van der Waals surface area contributed by atoms with Gasteiger partial charge >= 0.3 is 0 Å². The summed E-state index contributed by atoms with van der Waals surface area (Å²) in [5.74, 6) is 0.807. The van der Waals surface area contributed by atoms with Gasteiger partial charge in [0.15, 0.2) is 0 Å². The second kappa shape index (κ2) is 5.15. The van der Waals surface area contributed by atoms with Crippen molar-refractivity contribution < 1.29 is 9.53 Å². The number of nitrogens with two attached hydrogens (primary N) is 1. The van der Waals surface area contributed by atoms with Gasteiger partial charge in [0.2, 0.25) is 5.91 Å². The first-order chi connectivity index (χ1) is 7.66. The molecule has 0 radical (unpaired) electrons. The Balaban J connectivity index is 1.82. The zero-order valence-corrected chi connectivity index (χ0v) is 10.0. The van der Waals surface area contributed by atoms with Crippen LogP contribution in [0.5, 0.6) is 0 Å². The molecule has 0 aromatic heterocycles. The molecule has 2 fully saturated rings. The van der Waals surface area contributed by atoms with Gasteiger partial charge in [0.05, 0.1) is 6.10 Å². The standard InChI is InChI=1S/C12H22N2O2/c1-9-8-14(5-2-6-16-9)12(15)7-11(13)10-3-4-10/h9-11H,2-8,13H2,1H3. The van der Waals surface area contributed by atoms with Crippen LogP contribution < -0.4 is 5.73 Å². The van der Waals surface area contributed by atoms with Gasteiger partial charge in [-0.15, -0.1) is 0 Å². The van der Waals surface area contributed by atoms with Gasteiger partial charge in [0.1, 0.15) is 0 Å². The topological polar surface area (TPSA) is 55.6 Å². The average Bonchev–Trinajstić information content (AvgIpc) is 3.03. The van der Waals surface area contributed by atoms with Crippen molar-refractivity contribution in [2.45, 2.75) is 44.8 Å². The normalized spacial score (nSPS) is 28.6. The third-order valence-corrected chi connectivity index (χ3v) is 3.44. The van der Waals surface area contributed by atoms with E-state index in [0.29, 0.717) is 12.3 Å². The molecular formula is C12H22N2O2. The van der Waals surface area contributed by atoms with Crippen LogP contribution in [-0.2, 0) is 9.53 Å². The zero-order chi connectivity index (χ0) is 11.5. The highest BCUT2D eigenvalue weighted by atomic mass is 16.5. The SMILES string of the molecule is CC1CN(C(=O)CC(N)C2CC2)CCCO1. The van der Waals surface area contributed by atoms with E-state index in [0.717, 1.165) is 26.1 Å². The Labute approximate surface area is 97.1 Å². The molecule has 2 rings (SSSR count). The van der Waals surface area contributed by atoms with Crippen LogP contribution in [0.25, 0.3) is 0 Å². The molecule has 0 aromatic rings. The lowest BCUT2D eigenvalue weighted by molar-refractivity contribution is -0.132. The van der Waals surface area contributed by atoms with Crippen LogP contribution in [-0.4, -0.2) is 42.6 Å². The minimum Gasteiger partial charge on any atom is -0.377 e. The molecule has 1 aliphatic carbocycles. The number of carbonyl (C=O) groups is 1. The van der Waals surface area contributed by atoms with Crippen molar-refractivity contribution in [3.8, 4) is 0 Å². The molecule has 2 unspecified atom stereocenters. The molecule has 0 spiro atoms. The van der Waals surface area contributed by atoms with Gasteiger partial charge in [-0.2, -0.15) is 0 Å². The van der Waals surface area contributed by atoms with Crippen molar-refractivity contribution in [1.29, 1.82) is 0 Å². The highest BCUT2D eigenvalue weighted by Gasteiger charge is 2.31. The molecule has 4 nitrogen and oxygen atoms in total. The van der Waals surface area contributed by atoms with E-state index in [1.165, 1.54) is 12.8 Å². The molecular weight excluding hydrogens is 204 g/mol. The van der Waals surface area contributed by atoms with Crippen molar-refractivity contribution in [3.63, 3.8) is 0 Å². The summed E-state index contributed by atoms with van der Waals surface area (Å²) in [6.45, 7) is 4.32. The second-order valence-electron chi connectivity index (χ2n) is 5.08. The first-order valence-electron chi connectivity index (χ1n) is 6.32. The van der Waals surface area contributed by atoms with Crippen molar-refractivity contribution in [2.24, 2.45) is 11.7 Å². The monoisotopic (exact) mass is 226 g/mol. The van der Waals surface area contributed by atoms with Gasteiger partial charge in [0, 0.05) is 32.2 Å². The van der Waals surface area contributed by atoms with Crippen molar-refractivity contribution in [1.82, 2.24) is 4.90 Å². The van der Waals surface area contributed by atoms with Gasteiger partial charge < -0.3 is 15.4 Å². The van der Waals surface area contributed by atoms with Gasteiger partial charge in [-0.25, -0.2) is 0 Å². The minimum absolute atomic E-state index is 0.0759. The fourth-order valence-electron chi connectivity index (χ4n) is 2.24. The lowest BCUT2D eigenvalue weighted by Crippen LogP contribution is -2.39. The number of amides is 1. The highest BCUT2D eigenvalue weighted by Crippen LogP contribution is 2.33. The fraction of sp³-hybridized carbons (Fsp3) is 0.917. The molecule has 4 heteroatoms. The number of hydrogen-bond acceptors (Lipinski definition) is 3. The van der Waals surface area contributed by atoms with Crippen LogP contribution in [0.1, 0.15) is 32.6 Å². The predicted molar refractivity (Wildman–Crippen MR) is 61.9 cm³/mol. The van der Waals surface area contributed by atoms with Crippen LogP contribution in [0.4, 0.5) is 0 Å². The summed E-state index contributed by atoms with van der Waals surface area (Å²) in [7, 11) is 0. The summed E-state index contributed by atoms with van der Waals surface area (Å²) < 4.78 is 5.52. The zero-order valence-electron chi connectivity index (χ0n) is 10.0. The van der Waals surface area contributed by atoms with Crippen LogP contribution in [0, 0.1) is 5.92 Å². The smallest absolute Gasteiger partial charge is 0.224 e. The number of ether oxygens (including phenoxy) is 1. The average molecular weight is 226 g/mol. The summed E-state index contributed by atoms with van der Waals surface area (Å²) in [6.07, 6.45) is 4.01. The first kappa shape index (κ1) is 11.9. The van der Waals surface area contributed by atoms with Crippen molar-refractivity contribution in [2.75, 3.05) is 19.7 Å². The Hall–Kier alpha value is -0.610. The molecule has 0 aromatic carbocycles. The summed E-state index contributed by atoms with van der Waals surface area (Å²) in [5.41, 5.74) is 5.98. The van der Waals surface area contributed by atoms with Crippen LogP contribution in [0.3, 0.4) is 0 Å². The Morgan fingerprint density at radius 1 is 1.56 bits per heavy atom. The summed E-state index contributed by atoms with van der Waals surface area (Å²) in [5, 5.41) is 0. The second-order valence-corrected chi connectivity index (χ2v) is 5.08. The number of nitrogens with zero attached hydrogens (tertiary/aromatic N) is 1. The molecule has 0 bridgehead atoms. The lowest BCUT2D eigenvalue weighted by Gasteiger charge is -2.23. The van der Waals surface area contributed by atoms with Crippen molar-refractivity contribution >= 4 is 5.91 Å². The van der Waals surface area contributed by atoms with E-state index in [2.05, 4.69) is 0 Å². The van der Waals surface area contributed by atoms with E-state index >= 15 is 0 Å². The summed E-state index contributed by atoms with van der Waals surface area (Å²) in [6, 6.07) is 0.0759. The fourth-order valence-corrected chi connectivity index (χ4v) is 2.24. The first-order valence-corrected chi connectivity index (χ1v) is 6.32. The van der Waals surface area contributed by atoms with E-state index in [1.807, 2.05) is 11.8 Å². The van der Waals surface area contributed by atoms with Crippen LogP contribution >= 0.6 is 0 Å². The van der Waals surface area contributed by atoms with E-state index in [1.54, 1.807) is 0 Å². The predicted octanol–water partition coefficient (Wildman–Crippen LogP) is 0.751. The Morgan fingerprint density at radius 2 is 2.31 bits per heavy atom. The molecule has 2 atom stereocenters. The van der Waals surface area contributed by atoms with Gasteiger partial charge in [-0.1, -0.05) is 0 Å². The molecule has 1 saturated heterocycles. The quantitative estimate of drug-likeness (QED) is 0.772. The molecule has 92 valence electrons. The molecule has 1 saturated carbocycles. The van der Waals surface area contributed by atoms with E-state index in [-0.39, 0.29) is 18.1 Å². The number of rotatable bonds is 3. The number of hydrogen-bond donors (Lipinski definition) is 1. The Morgan fingerprint density at radius 3 is 3.00 bits per heavy atom. The highest BCUT2D eigenvalue weighted by molar-refractivity contribution is 5.77. The van der Waals surface area contributed by atoms with Crippen molar-refractivity contribution in [3.05, 3.63) is 0 Å². The minimum atomic E-state index is 0.0759.